The summed E-state index contributed by atoms with van der Waals surface area (Å²) in [5.41, 5.74) is 1.82. The van der Waals surface area contributed by atoms with Crippen molar-refractivity contribution in [2.24, 2.45) is 15.2 Å². The van der Waals surface area contributed by atoms with Gasteiger partial charge >= 0.3 is 0 Å². The van der Waals surface area contributed by atoms with Crippen LogP contribution in [0.4, 0.5) is 0 Å². The fraction of sp³-hybridized carbons (Fsp3) is 0.273. The van der Waals surface area contributed by atoms with Gasteiger partial charge in [0, 0.05) is 29.0 Å². The Morgan fingerprint density at radius 2 is 1.56 bits per heavy atom. The number of hydrogen-bond donors (Lipinski definition) is 1. The molecular formula is C22H26N6O4S2. The first-order chi connectivity index (χ1) is 16.5. The zero-order valence-electron chi connectivity index (χ0n) is 19.3. The first-order valence-electron chi connectivity index (χ1n) is 10.2. The van der Waals surface area contributed by atoms with Crippen molar-refractivity contribution in [3.05, 3.63) is 53.9 Å². The maximum absolute atomic E-state index is 6.62. The number of amidine groups is 1. The van der Waals surface area contributed by atoms with Crippen molar-refractivity contribution in [3.63, 3.8) is 0 Å². The molecule has 0 bridgehead atoms. The van der Waals surface area contributed by atoms with Crippen LogP contribution in [0.1, 0.15) is 11.1 Å². The zero-order valence-corrected chi connectivity index (χ0v) is 20.9. The molecule has 4 rings (SSSR count). The lowest BCUT2D eigenvalue weighted by Crippen LogP contribution is -2.39. The minimum Gasteiger partial charge on any atom is -0.497 e. The van der Waals surface area contributed by atoms with Crippen LogP contribution >= 0.6 is 21.7 Å². The van der Waals surface area contributed by atoms with Crippen molar-refractivity contribution >= 4 is 33.3 Å². The van der Waals surface area contributed by atoms with E-state index < -0.39 is 10.2 Å². The van der Waals surface area contributed by atoms with Gasteiger partial charge in [0.05, 0.1) is 35.0 Å². The van der Waals surface area contributed by atoms with Crippen LogP contribution in [0.2, 0.25) is 0 Å². The third-order valence-electron chi connectivity index (χ3n) is 5.27. The lowest BCUT2D eigenvalue weighted by molar-refractivity contribution is 0.377. The minimum atomic E-state index is -2.12. The Morgan fingerprint density at radius 3 is 2.15 bits per heavy atom. The molecule has 10 nitrogen and oxygen atoms in total. The van der Waals surface area contributed by atoms with Crippen molar-refractivity contribution in [2.45, 2.75) is 16.6 Å². The fourth-order valence-corrected chi connectivity index (χ4v) is 7.47. The summed E-state index contributed by atoms with van der Waals surface area (Å²) in [6, 6.07) is 11.3. The number of hydrazine groups is 1. The van der Waals surface area contributed by atoms with E-state index in [0.717, 1.165) is 15.5 Å². The number of nitrogens with zero attached hydrogens (tertiary/aromatic N) is 5. The standard InChI is InChI=1S/C22H26N6O4S2/c1-29-17-7-5-15(19(9-17)31-3)11-28(23)21-24-14-27-34(21,22-25-13-26-33-22)12-16-6-8-18(30-2)10-20(16)32-4/h5-10,13-14H,11-12,23H2,1-4H3. The van der Waals surface area contributed by atoms with Crippen molar-refractivity contribution in [1.29, 1.82) is 0 Å². The number of hydrogen-bond acceptors (Lipinski definition) is 11. The third-order valence-corrected chi connectivity index (χ3v) is 9.59. The largest absolute Gasteiger partial charge is 0.497 e. The predicted molar refractivity (Wildman–Crippen MR) is 134 cm³/mol. The molecule has 1 aliphatic rings. The van der Waals surface area contributed by atoms with E-state index in [9.17, 15) is 0 Å². The Kier molecular flexibility index (Phi) is 7.20. The molecule has 0 saturated heterocycles. The van der Waals surface area contributed by atoms with Crippen molar-refractivity contribution in [1.82, 2.24) is 14.4 Å². The average Bonchev–Trinajstić information content (AvgIpc) is 3.55. The number of aromatic nitrogens is 2. The molecule has 2 N–H and O–H groups in total. The number of nitrogens with two attached hydrogens (primary N) is 1. The van der Waals surface area contributed by atoms with Crippen LogP contribution < -0.4 is 24.8 Å². The average molecular weight is 503 g/mol. The van der Waals surface area contributed by atoms with Gasteiger partial charge in [0.25, 0.3) is 0 Å². The van der Waals surface area contributed by atoms with Crippen LogP contribution in [0, 0.1) is 0 Å². The maximum atomic E-state index is 6.62. The van der Waals surface area contributed by atoms with Crippen molar-refractivity contribution in [3.8, 4) is 23.0 Å². The highest BCUT2D eigenvalue weighted by Gasteiger charge is 2.41. The first-order valence-corrected chi connectivity index (χ1v) is 12.7. The highest BCUT2D eigenvalue weighted by molar-refractivity contribution is 8.44. The number of rotatable bonds is 9. The van der Waals surface area contributed by atoms with E-state index >= 15 is 0 Å². The van der Waals surface area contributed by atoms with Gasteiger partial charge in [-0.15, -0.1) is 0 Å². The predicted octanol–water partition coefficient (Wildman–Crippen LogP) is 3.63. The molecule has 0 spiro atoms. The molecule has 2 aromatic carbocycles. The van der Waals surface area contributed by atoms with Crippen molar-refractivity contribution in [2.75, 3.05) is 28.4 Å². The normalized spacial score (nSPS) is 18.7. The maximum Gasteiger partial charge on any atom is 0.188 e. The summed E-state index contributed by atoms with van der Waals surface area (Å²) in [5.74, 6) is 9.88. The van der Waals surface area contributed by atoms with Crippen LogP contribution in [0.5, 0.6) is 23.0 Å². The molecule has 0 aliphatic carbocycles. The monoisotopic (exact) mass is 502 g/mol. The van der Waals surface area contributed by atoms with E-state index in [0.29, 0.717) is 40.5 Å². The summed E-state index contributed by atoms with van der Waals surface area (Å²) < 4.78 is 31.7. The zero-order chi connectivity index (χ0) is 24.1. The number of aliphatic imine (C=N–C) groups is 1. The molecule has 1 aromatic heterocycles. The quantitative estimate of drug-likeness (QED) is 0.348. The van der Waals surface area contributed by atoms with Gasteiger partial charge in [-0.25, -0.2) is 20.2 Å². The topological polar surface area (TPSA) is 117 Å². The van der Waals surface area contributed by atoms with Gasteiger partial charge in [-0.2, -0.15) is 4.37 Å². The molecule has 3 aromatic rings. The second kappa shape index (κ2) is 10.3. The molecule has 0 radical (unpaired) electrons. The second-order valence-electron chi connectivity index (χ2n) is 7.17. The van der Waals surface area contributed by atoms with Crippen LogP contribution in [0.25, 0.3) is 0 Å². The summed E-state index contributed by atoms with van der Waals surface area (Å²) >= 11 is 1.29. The Bertz CT molecular complexity index is 1200. The Balaban J connectivity index is 1.70. The van der Waals surface area contributed by atoms with Gasteiger partial charge in [0.1, 0.15) is 35.7 Å². The van der Waals surface area contributed by atoms with Crippen molar-refractivity contribution < 1.29 is 18.9 Å². The number of benzene rings is 2. The van der Waals surface area contributed by atoms with Crippen LogP contribution in [-0.4, -0.2) is 54.3 Å². The van der Waals surface area contributed by atoms with Gasteiger partial charge in [0.15, 0.2) is 9.51 Å². The SMILES string of the molecule is COc1ccc(CN(N)C2=NC=NS2(Cc2ccc(OC)cc2OC)c2ncns2)c(OC)c1. The second-order valence-corrected chi connectivity index (χ2v) is 10.9. The molecule has 1 unspecified atom stereocenters. The van der Waals surface area contributed by atoms with Gasteiger partial charge in [-0.3, -0.25) is 5.01 Å². The molecule has 180 valence electrons. The number of methoxy groups -OCH3 is 4. The molecule has 34 heavy (non-hydrogen) atoms. The molecule has 1 atom stereocenters. The van der Waals surface area contributed by atoms with Crippen LogP contribution in [-0.2, 0) is 12.3 Å². The summed E-state index contributed by atoms with van der Waals surface area (Å²) in [4.78, 5) is 9.10. The lowest BCUT2D eigenvalue weighted by atomic mass is 10.2. The molecule has 1 aliphatic heterocycles. The van der Waals surface area contributed by atoms with Gasteiger partial charge in [-0.05, 0) is 39.9 Å². The number of ether oxygens (including phenoxy) is 4. The van der Waals surface area contributed by atoms with E-state index in [4.69, 9.17) is 29.2 Å². The summed E-state index contributed by atoms with van der Waals surface area (Å²) in [6.07, 6.45) is 3.08. The first kappa shape index (κ1) is 23.8. The van der Waals surface area contributed by atoms with Gasteiger partial charge in [-0.1, -0.05) is 6.07 Å². The van der Waals surface area contributed by atoms with Gasteiger partial charge in [0.2, 0.25) is 0 Å². The highest BCUT2D eigenvalue weighted by Crippen LogP contribution is 2.63. The Hall–Kier alpha value is -3.35. The summed E-state index contributed by atoms with van der Waals surface area (Å²) in [6.45, 7) is 0.350. The molecule has 0 fully saturated rings. The van der Waals surface area contributed by atoms with E-state index in [2.05, 4.69) is 14.3 Å². The Labute approximate surface area is 203 Å². The smallest absolute Gasteiger partial charge is 0.188 e. The van der Waals surface area contributed by atoms with Crippen LogP contribution in [0.3, 0.4) is 0 Å². The molecule has 0 saturated carbocycles. The molecule has 0 amide bonds. The molecule has 2 heterocycles. The summed E-state index contributed by atoms with van der Waals surface area (Å²) in [5, 5.41) is 2.23. The van der Waals surface area contributed by atoms with Gasteiger partial charge < -0.3 is 18.9 Å². The molecular weight excluding hydrogens is 476 g/mol. The fourth-order valence-electron chi connectivity index (χ4n) is 3.58. The third kappa shape index (κ3) is 4.52. The summed E-state index contributed by atoms with van der Waals surface area (Å²) in [7, 11) is 4.36. The highest BCUT2D eigenvalue weighted by atomic mass is 32.3. The lowest BCUT2D eigenvalue weighted by Gasteiger charge is -2.35. The Morgan fingerprint density at radius 1 is 0.912 bits per heavy atom. The van der Waals surface area contributed by atoms with E-state index in [1.807, 2.05) is 36.4 Å². The molecule has 12 heteroatoms. The van der Waals surface area contributed by atoms with E-state index in [1.165, 1.54) is 17.9 Å². The minimum absolute atomic E-state index is 0.350. The van der Waals surface area contributed by atoms with E-state index in [-0.39, 0.29) is 0 Å². The van der Waals surface area contributed by atoms with Crippen LogP contribution in [0.15, 0.2) is 56.5 Å². The van der Waals surface area contributed by atoms with E-state index in [1.54, 1.807) is 39.8 Å².